The van der Waals surface area contributed by atoms with E-state index in [1.807, 2.05) is 44.4 Å². The lowest BCUT2D eigenvalue weighted by molar-refractivity contribution is -0.131. The SMILES string of the molecule is CN(C)C(CN1CCC(=O)N(Cc2ccnc(F)c2)C1=O)c1ccccc1. The topological polar surface area (TPSA) is 56.8 Å². The number of likely N-dealkylation sites (N-methyl/N-ethyl adjacent to an activating group) is 1. The molecule has 0 radical (unpaired) electrons. The average Bonchev–Trinajstić information content (AvgIpc) is 2.65. The minimum Gasteiger partial charge on any atom is -0.322 e. The maximum Gasteiger partial charge on any atom is 0.327 e. The second-order valence-electron chi connectivity index (χ2n) is 6.84. The zero-order valence-electron chi connectivity index (χ0n) is 15.5. The van der Waals surface area contributed by atoms with Crippen molar-refractivity contribution in [2.75, 3.05) is 27.2 Å². The molecule has 1 aromatic carbocycles. The van der Waals surface area contributed by atoms with Gasteiger partial charge in [0.15, 0.2) is 0 Å². The number of nitrogens with zero attached hydrogens (tertiary/aromatic N) is 4. The second-order valence-corrected chi connectivity index (χ2v) is 6.84. The molecule has 1 atom stereocenters. The van der Waals surface area contributed by atoms with Crippen LogP contribution < -0.4 is 0 Å². The molecule has 1 aliphatic heterocycles. The molecule has 3 amide bonds. The van der Waals surface area contributed by atoms with E-state index in [9.17, 15) is 14.0 Å². The first-order chi connectivity index (χ1) is 13.0. The average molecular weight is 370 g/mol. The van der Waals surface area contributed by atoms with Gasteiger partial charge in [-0.15, -0.1) is 0 Å². The second kappa shape index (κ2) is 8.26. The van der Waals surface area contributed by atoms with Crippen LogP contribution in [0.5, 0.6) is 0 Å². The van der Waals surface area contributed by atoms with Crippen molar-refractivity contribution < 1.29 is 14.0 Å². The van der Waals surface area contributed by atoms with Gasteiger partial charge in [-0.1, -0.05) is 30.3 Å². The first-order valence-corrected chi connectivity index (χ1v) is 8.87. The molecule has 0 spiro atoms. The molecule has 1 saturated heterocycles. The number of carbonyl (C=O) groups excluding carboxylic acids is 2. The Bertz CT molecular complexity index is 813. The van der Waals surface area contributed by atoms with E-state index in [0.29, 0.717) is 18.7 Å². The Morgan fingerprint density at radius 1 is 1.19 bits per heavy atom. The Morgan fingerprint density at radius 2 is 1.93 bits per heavy atom. The molecule has 1 aliphatic rings. The van der Waals surface area contributed by atoms with Gasteiger partial charge in [0, 0.05) is 25.7 Å². The lowest BCUT2D eigenvalue weighted by atomic mass is 10.0. The maximum atomic E-state index is 13.3. The van der Waals surface area contributed by atoms with Crippen LogP contribution in [0, 0.1) is 5.95 Å². The molecule has 0 aliphatic carbocycles. The minimum absolute atomic E-state index is 0.0172. The van der Waals surface area contributed by atoms with Crippen LogP contribution >= 0.6 is 0 Å². The smallest absolute Gasteiger partial charge is 0.322 e. The predicted molar refractivity (Wildman–Crippen MR) is 99.2 cm³/mol. The number of urea groups is 1. The Morgan fingerprint density at radius 3 is 2.59 bits per heavy atom. The van der Waals surface area contributed by atoms with Gasteiger partial charge in [-0.2, -0.15) is 4.39 Å². The summed E-state index contributed by atoms with van der Waals surface area (Å²) in [5.41, 5.74) is 1.65. The quantitative estimate of drug-likeness (QED) is 0.734. The summed E-state index contributed by atoms with van der Waals surface area (Å²) in [5.74, 6) is -0.868. The van der Waals surface area contributed by atoms with Crippen molar-refractivity contribution in [2.24, 2.45) is 0 Å². The summed E-state index contributed by atoms with van der Waals surface area (Å²) < 4.78 is 13.3. The van der Waals surface area contributed by atoms with E-state index < -0.39 is 5.95 Å². The zero-order valence-corrected chi connectivity index (χ0v) is 15.5. The summed E-state index contributed by atoms with van der Waals surface area (Å²) in [7, 11) is 3.93. The summed E-state index contributed by atoms with van der Waals surface area (Å²) in [6.45, 7) is 0.909. The Hall–Kier alpha value is -2.80. The molecule has 3 rings (SSSR count). The van der Waals surface area contributed by atoms with Gasteiger partial charge in [-0.3, -0.25) is 9.69 Å². The normalized spacial score (nSPS) is 16.1. The van der Waals surface area contributed by atoms with Crippen molar-refractivity contribution in [3.8, 4) is 0 Å². The number of halogens is 1. The van der Waals surface area contributed by atoms with Gasteiger partial charge in [0.05, 0.1) is 12.6 Å². The van der Waals surface area contributed by atoms with Gasteiger partial charge in [0.1, 0.15) is 0 Å². The van der Waals surface area contributed by atoms with E-state index in [2.05, 4.69) is 9.88 Å². The number of benzene rings is 1. The number of amides is 3. The molecule has 0 bridgehead atoms. The third-order valence-corrected chi connectivity index (χ3v) is 4.73. The Labute approximate surface area is 158 Å². The van der Waals surface area contributed by atoms with Crippen LogP contribution in [0.4, 0.5) is 9.18 Å². The van der Waals surface area contributed by atoms with E-state index in [0.717, 1.165) is 5.56 Å². The van der Waals surface area contributed by atoms with E-state index in [1.54, 1.807) is 11.0 Å². The highest BCUT2D eigenvalue weighted by Gasteiger charge is 2.33. The van der Waals surface area contributed by atoms with Crippen LogP contribution in [0.25, 0.3) is 0 Å². The summed E-state index contributed by atoms with van der Waals surface area (Å²) >= 11 is 0. The molecule has 2 aromatic rings. The van der Waals surface area contributed by atoms with Crippen LogP contribution in [-0.4, -0.2) is 58.8 Å². The van der Waals surface area contributed by atoms with Crippen molar-refractivity contribution in [1.82, 2.24) is 19.7 Å². The third-order valence-electron chi connectivity index (χ3n) is 4.73. The molecule has 6 nitrogen and oxygen atoms in total. The highest BCUT2D eigenvalue weighted by molar-refractivity contribution is 5.96. The van der Waals surface area contributed by atoms with Gasteiger partial charge in [-0.05, 0) is 37.4 Å². The van der Waals surface area contributed by atoms with Gasteiger partial charge in [-0.25, -0.2) is 9.78 Å². The molecule has 142 valence electrons. The molecular weight excluding hydrogens is 347 g/mol. The van der Waals surface area contributed by atoms with Gasteiger partial charge < -0.3 is 9.80 Å². The maximum absolute atomic E-state index is 13.3. The lowest BCUT2D eigenvalue weighted by Crippen LogP contribution is -2.53. The van der Waals surface area contributed by atoms with Crippen molar-refractivity contribution in [3.05, 3.63) is 65.7 Å². The van der Waals surface area contributed by atoms with E-state index in [4.69, 9.17) is 0 Å². The van der Waals surface area contributed by atoms with Crippen molar-refractivity contribution in [2.45, 2.75) is 19.0 Å². The largest absolute Gasteiger partial charge is 0.327 e. The van der Waals surface area contributed by atoms with Crippen LogP contribution in [-0.2, 0) is 11.3 Å². The molecule has 1 aromatic heterocycles. The monoisotopic (exact) mass is 370 g/mol. The van der Waals surface area contributed by atoms with Gasteiger partial charge in [0.2, 0.25) is 11.9 Å². The number of carbonyl (C=O) groups is 2. The molecule has 2 heterocycles. The summed E-state index contributed by atoms with van der Waals surface area (Å²) in [4.78, 5) is 33.7. The number of aromatic nitrogens is 1. The van der Waals surface area contributed by atoms with Crippen LogP contribution in [0.2, 0.25) is 0 Å². The standard InChI is InChI=1S/C20H23FN4O2/c1-23(2)17(16-6-4-3-5-7-16)14-24-11-9-19(26)25(20(24)27)13-15-8-10-22-18(21)12-15/h3-8,10,12,17H,9,11,13-14H2,1-2H3. The number of hydrogen-bond donors (Lipinski definition) is 0. The van der Waals surface area contributed by atoms with E-state index >= 15 is 0 Å². The zero-order chi connectivity index (χ0) is 19.4. The van der Waals surface area contributed by atoms with Crippen molar-refractivity contribution in [3.63, 3.8) is 0 Å². The molecule has 1 unspecified atom stereocenters. The van der Waals surface area contributed by atoms with Gasteiger partial charge >= 0.3 is 6.03 Å². The van der Waals surface area contributed by atoms with Crippen LogP contribution in [0.15, 0.2) is 48.7 Å². The fourth-order valence-corrected chi connectivity index (χ4v) is 3.24. The van der Waals surface area contributed by atoms with Crippen molar-refractivity contribution in [1.29, 1.82) is 0 Å². The molecule has 27 heavy (non-hydrogen) atoms. The van der Waals surface area contributed by atoms with Crippen LogP contribution in [0.1, 0.15) is 23.6 Å². The number of hydrogen-bond acceptors (Lipinski definition) is 4. The number of rotatable bonds is 6. The fraction of sp³-hybridized carbons (Fsp3) is 0.350. The molecule has 0 saturated carbocycles. The predicted octanol–water partition coefficient (Wildman–Crippen LogP) is 2.68. The Kier molecular flexibility index (Phi) is 5.81. The first kappa shape index (κ1) is 19.0. The highest BCUT2D eigenvalue weighted by atomic mass is 19.1. The summed E-state index contributed by atoms with van der Waals surface area (Å²) in [5, 5.41) is 0. The van der Waals surface area contributed by atoms with Gasteiger partial charge in [0.25, 0.3) is 0 Å². The van der Waals surface area contributed by atoms with E-state index in [-0.39, 0.29) is 30.9 Å². The number of imide groups is 1. The Balaban J connectivity index is 1.76. The minimum atomic E-state index is -0.627. The molecule has 0 N–H and O–H groups in total. The summed E-state index contributed by atoms with van der Waals surface area (Å²) in [6, 6.07) is 12.5. The van der Waals surface area contributed by atoms with E-state index in [1.165, 1.54) is 17.2 Å². The molecule has 7 heteroatoms. The van der Waals surface area contributed by atoms with Crippen LogP contribution in [0.3, 0.4) is 0 Å². The van der Waals surface area contributed by atoms with Crippen molar-refractivity contribution >= 4 is 11.9 Å². The first-order valence-electron chi connectivity index (χ1n) is 8.87. The highest BCUT2D eigenvalue weighted by Crippen LogP contribution is 2.23. The fourth-order valence-electron chi connectivity index (χ4n) is 3.24. The number of pyridine rings is 1. The third kappa shape index (κ3) is 4.49. The summed E-state index contributed by atoms with van der Waals surface area (Å²) in [6.07, 6.45) is 1.59. The lowest BCUT2D eigenvalue weighted by Gasteiger charge is -2.37. The molecular formula is C20H23FN4O2. The molecule has 1 fully saturated rings.